The van der Waals surface area contributed by atoms with Gasteiger partial charge in [-0.1, -0.05) is 12.0 Å². The van der Waals surface area contributed by atoms with Gasteiger partial charge < -0.3 is 24.5 Å². The predicted octanol–water partition coefficient (Wildman–Crippen LogP) is 3.90. The second kappa shape index (κ2) is 10.4. The molecule has 0 radical (unpaired) electrons. The molecule has 208 valence electrons. The number of imidazole rings is 1. The zero-order valence-corrected chi connectivity index (χ0v) is 22.4. The van der Waals surface area contributed by atoms with Crippen LogP contribution in [-0.4, -0.2) is 62.6 Å². The van der Waals surface area contributed by atoms with Crippen molar-refractivity contribution in [2.75, 3.05) is 38.4 Å². The number of hydrogen-bond donors (Lipinski definition) is 2. The quantitative estimate of drug-likeness (QED) is 0.440. The molecule has 0 amide bonds. The zero-order chi connectivity index (χ0) is 27.8. The van der Waals surface area contributed by atoms with Crippen LogP contribution in [0.5, 0.6) is 5.75 Å². The molecule has 39 heavy (non-hydrogen) atoms. The van der Waals surface area contributed by atoms with Crippen molar-refractivity contribution >= 4 is 21.2 Å². The van der Waals surface area contributed by atoms with E-state index in [4.69, 9.17) is 9.47 Å². The number of nitrogens with one attached hydrogen (secondary N) is 2. The van der Waals surface area contributed by atoms with Gasteiger partial charge in [0.1, 0.15) is 17.1 Å². The number of anilines is 1. The van der Waals surface area contributed by atoms with Crippen LogP contribution in [0.15, 0.2) is 41.4 Å². The Bertz CT molecular complexity index is 1550. The van der Waals surface area contributed by atoms with Crippen molar-refractivity contribution in [1.82, 2.24) is 14.7 Å². The van der Waals surface area contributed by atoms with Crippen molar-refractivity contribution in [2.24, 2.45) is 0 Å². The van der Waals surface area contributed by atoms with Crippen LogP contribution in [0.1, 0.15) is 42.3 Å². The first kappa shape index (κ1) is 27.3. The summed E-state index contributed by atoms with van der Waals surface area (Å²) in [6, 6.07) is 8.00. The minimum atomic E-state index is -4.44. The van der Waals surface area contributed by atoms with E-state index < -0.39 is 22.4 Å². The molecule has 2 aromatic heterocycles. The lowest BCUT2D eigenvalue weighted by Gasteiger charge is -2.23. The highest BCUT2D eigenvalue weighted by atomic mass is 32.2. The third kappa shape index (κ3) is 5.85. The molecule has 1 aromatic carbocycles. The van der Waals surface area contributed by atoms with Crippen molar-refractivity contribution in [3.8, 4) is 17.6 Å². The van der Waals surface area contributed by atoms with Crippen LogP contribution in [0.3, 0.4) is 0 Å². The van der Waals surface area contributed by atoms with Gasteiger partial charge in [-0.05, 0) is 43.4 Å². The fourth-order valence-corrected chi connectivity index (χ4v) is 5.91. The lowest BCUT2D eigenvalue weighted by molar-refractivity contribution is -0.128. The Morgan fingerprint density at radius 2 is 2.13 bits per heavy atom. The highest BCUT2D eigenvalue weighted by Crippen LogP contribution is 2.39. The van der Waals surface area contributed by atoms with Gasteiger partial charge in [0.2, 0.25) is 0 Å². The van der Waals surface area contributed by atoms with Gasteiger partial charge in [0.15, 0.2) is 9.84 Å². The molecule has 2 aliphatic heterocycles. The van der Waals surface area contributed by atoms with Gasteiger partial charge in [-0.25, -0.2) is 13.4 Å². The third-order valence-electron chi connectivity index (χ3n) is 7.19. The summed E-state index contributed by atoms with van der Waals surface area (Å²) in [5.41, 5.74) is 1.77. The number of alkyl halides is 3. The Labute approximate surface area is 224 Å². The summed E-state index contributed by atoms with van der Waals surface area (Å²) in [4.78, 5) is 4.68. The van der Waals surface area contributed by atoms with Crippen molar-refractivity contribution in [1.29, 1.82) is 0 Å². The van der Waals surface area contributed by atoms with Gasteiger partial charge in [-0.15, -0.1) is 0 Å². The maximum absolute atomic E-state index is 13.6. The topological polar surface area (TPSA) is 94.0 Å². The summed E-state index contributed by atoms with van der Waals surface area (Å²) in [6.45, 7) is 1.41. The number of fused-ring (bicyclic) bond motifs is 1. The minimum absolute atomic E-state index is 0.0150. The molecule has 0 saturated carbocycles. The number of ether oxygens (including phenoxy) is 2. The molecule has 5 rings (SSSR count). The second-order valence-electron chi connectivity index (χ2n) is 9.96. The smallest absolute Gasteiger partial charge is 0.394 e. The van der Waals surface area contributed by atoms with E-state index in [1.54, 1.807) is 18.3 Å². The van der Waals surface area contributed by atoms with Crippen LogP contribution < -0.4 is 15.4 Å². The Hall–Kier alpha value is -3.27. The van der Waals surface area contributed by atoms with E-state index in [0.717, 1.165) is 31.1 Å². The summed E-state index contributed by atoms with van der Waals surface area (Å²) in [5, 5.41) is 6.68. The average molecular weight is 563 g/mol. The highest BCUT2D eigenvalue weighted by molar-refractivity contribution is 7.90. The van der Waals surface area contributed by atoms with Crippen LogP contribution >= 0.6 is 0 Å². The molecule has 12 heteroatoms. The molecule has 1 spiro atoms. The number of nitrogens with zero attached hydrogens (tertiary/aromatic N) is 2. The number of pyridine rings is 1. The van der Waals surface area contributed by atoms with Gasteiger partial charge in [0, 0.05) is 42.3 Å². The van der Waals surface area contributed by atoms with E-state index in [-0.39, 0.29) is 34.4 Å². The fourth-order valence-electron chi connectivity index (χ4n) is 5.27. The number of hydrogen-bond acceptors (Lipinski definition) is 7. The van der Waals surface area contributed by atoms with Crippen molar-refractivity contribution in [3.05, 3.63) is 53.5 Å². The number of halogens is 3. The van der Waals surface area contributed by atoms with Crippen LogP contribution in [0, 0.1) is 11.8 Å². The number of methoxy groups -OCH3 is 1. The van der Waals surface area contributed by atoms with Gasteiger partial charge in [-0.2, -0.15) is 13.2 Å². The average Bonchev–Trinajstić information content (AvgIpc) is 3.60. The highest BCUT2D eigenvalue weighted by Gasteiger charge is 2.42. The minimum Gasteiger partial charge on any atom is -0.495 e. The number of rotatable bonds is 6. The first-order valence-electron chi connectivity index (χ1n) is 12.5. The van der Waals surface area contributed by atoms with Gasteiger partial charge in [0.25, 0.3) is 0 Å². The molecule has 0 bridgehead atoms. The molecule has 2 aliphatic rings. The van der Waals surface area contributed by atoms with Crippen LogP contribution in [0.2, 0.25) is 0 Å². The third-order valence-corrected chi connectivity index (χ3v) is 8.30. The summed E-state index contributed by atoms with van der Waals surface area (Å²) in [5.74, 6) is 5.97. The van der Waals surface area contributed by atoms with E-state index in [0.29, 0.717) is 30.3 Å². The maximum Gasteiger partial charge on any atom is 0.394 e. The Morgan fingerprint density at radius 3 is 2.82 bits per heavy atom. The standard InChI is InChI=1S/C27H29F3N4O4S/c1-37-24-15-18(39(2,35)36)7-8-22(24)31-12-3-6-21-23(16-27(28,29)30)34-13-4-5-19(25(34)32-21)20-9-10-26(33-20)11-14-38-17-26/h4-5,7-8,13,15,20,31,33H,9-12,14,16-17H2,1-2H3/t20-,26-/m1/s1. The van der Waals surface area contributed by atoms with Crippen LogP contribution in [0.25, 0.3) is 5.65 Å². The molecular weight excluding hydrogens is 533 g/mol. The lowest BCUT2D eigenvalue weighted by atomic mass is 9.97. The molecular formula is C27H29F3N4O4S. The summed E-state index contributed by atoms with van der Waals surface area (Å²) in [7, 11) is -2.00. The van der Waals surface area contributed by atoms with E-state index in [9.17, 15) is 21.6 Å². The normalized spacial score (nSPS) is 21.3. The number of aromatic nitrogens is 2. The first-order chi connectivity index (χ1) is 18.5. The van der Waals surface area contributed by atoms with E-state index in [2.05, 4.69) is 27.5 Å². The fraction of sp³-hybridized carbons (Fsp3) is 0.444. The zero-order valence-electron chi connectivity index (χ0n) is 21.6. The largest absolute Gasteiger partial charge is 0.495 e. The van der Waals surface area contributed by atoms with Crippen molar-refractivity contribution in [3.63, 3.8) is 0 Å². The van der Waals surface area contributed by atoms with E-state index in [1.807, 2.05) is 6.07 Å². The number of benzene rings is 1. The van der Waals surface area contributed by atoms with E-state index >= 15 is 0 Å². The van der Waals surface area contributed by atoms with Crippen molar-refractivity contribution in [2.45, 2.75) is 48.3 Å². The second-order valence-corrected chi connectivity index (χ2v) is 12.0. The Kier molecular flexibility index (Phi) is 7.26. The monoisotopic (exact) mass is 562 g/mol. The molecule has 4 heterocycles. The molecule has 2 atom stereocenters. The summed E-state index contributed by atoms with van der Waals surface area (Å²) < 4.78 is 76.6. The molecule has 0 unspecified atom stereocenters. The maximum atomic E-state index is 13.6. The Morgan fingerprint density at radius 1 is 1.31 bits per heavy atom. The summed E-state index contributed by atoms with van der Waals surface area (Å²) in [6.07, 6.45) is -0.224. The van der Waals surface area contributed by atoms with E-state index in [1.165, 1.54) is 23.6 Å². The molecule has 2 fully saturated rings. The predicted molar refractivity (Wildman–Crippen MR) is 140 cm³/mol. The molecule has 8 nitrogen and oxygen atoms in total. The molecule has 2 saturated heterocycles. The summed E-state index contributed by atoms with van der Waals surface area (Å²) >= 11 is 0. The lowest BCUT2D eigenvalue weighted by Crippen LogP contribution is -2.41. The number of sulfone groups is 1. The van der Waals surface area contributed by atoms with Crippen molar-refractivity contribution < 1.29 is 31.1 Å². The van der Waals surface area contributed by atoms with Gasteiger partial charge >= 0.3 is 6.18 Å². The molecule has 3 aromatic rings. The SMILES string of the molecule is COc1cc(S(C)(=O)=O)ccc1NCC#Cc1nc2c([C@H]3CC[C@]4(CCOC4)N3)cccn2c1CC(F)(F)F. The Balaban J connectivity index is 1.42. The van der Waals surface area contributed by atoms with Crippen LogP contribution in [0.4, 0.5) is 18.9 Å². The van der Waals surface area contributed by atoms with Crippen LogP contribution in [-0.2, 0) is 21.0 Å². The first-order valence-corrected chi connectivity index (χ1v) is 14.4. The van der Waals surface area contributed by atoms with Gasteiger partial charge in [-0.3, -0.25) is 0 Å². The van der Waals surface area contributed by atoms with Gasteiger partial charge in [0.05, 0.1) is 43.0 Å². The molecule has 0 aliphatic carbocycles. The molecule has 2 N–H and O–H groups in total.